The van der Waals surface area contributed by atoms with Crippen molar-refractivity contribution in [1.82, 2.24) is 15.5 Å². The molecule has 1 aromatic heterocycles. The number of rotatable bonds is 6. The van der Waals surface area contributed by atoms with Gasteiger partial charge in [0.2, 0.25) is 0 Å². The molecule has 3 rings (SSSR count). The summed E-state index contributed by atoms with van der Waals surface area (Å²) in [5, 5.41) is 19.5. The second-order valence-electron chi connectivity index (χ2n) is 5.63. The molecule has 0 saturated heterocycles. The molecule has 3 N–H and O–H groups in total. The maximum Gasteiger partial charge on any atom is 0.272 e. The van der Waals surface area contributed by atoms with Crippen molar-refractivity contribution >= 4 is 5.91 Å². The molecule has 0 aliphatic heterocycles. The lowest BCUT2D eigenvalue weighted by Crippen LogP contribution is -2.27. The molecule has 0 fully saturated rings. The summed E-state index contributed by atoms with van der Waals surface area (Å²) in [4.78, 5) is 12.3. The molecule has 0 bridgehead atoms. The number of amides is 1. The van der Waals surface area contributed by atoms with Gasteiger partial charge < -0.3 is 15.2 Å². The molecule has 2 aromatic carbocycles. The minimum Gasteiger partial charge on any atom is -0.508 e. The molecule has 0 unspecified atom stereocenters. The van der Waals surface area contributed by atoms with E-state index >= 15 is 0 Å². The van der Waals surface area contributed by atoms with Crippen molar-refractivity contribution in [2.24, 2.45) is 0 Å². The summed E-state index contributed by atoms with van der Waals surface area (Å²) in [6.07, 6.45) is 0. The summed E-state index contributed by atoms with van der Waals surface area (Å²) >= 11 is 0. The zero-order valence-corrected chi connectivity index (χ0v) is 13.8. The van der Waals surface area contributed by atoms with Crippen LogP contribution in [-0.4, -0.2) is 21.2 Å². The number of hydrogen-bond acceptors (Lipinski definition) is 4. The van der Waals surface area contributed by atoms with E-state index in [2.05, 4.69) is 15.5 Å². The molecule has 128 valence electrons. The molecule has 0 saturated carbocycles. The van der Waals surface area contributed by atoms with Gasteiger partial charge in [-0.1, -0.05) is 36.4 Å². The van der Waals surface area contributed by atoms with Gasteiger partial charge in [0.1, 0.15) is 23.8 Å². The van der Waals surface area contributed by atoms with Crippen LogP contribution in [0.4, 0.5) is 0 Å². The Morgan fingerprint density at radius 2 is 1.92 bits per heavy atom. The maximum absolute atomic E-state index is 12.3. The number of phenolic OH excluding ortho intramolecular Hbond substituents is 1. The van der Waals surface area contributed by atoms with Crippen molar-refractivity contribution in [2.75, 3.05) is 0 Å². The van der Waals surface area contributed by atoms with E-state index in [1.165, 1.54) is 0 Å². The molecule has 1 heterocycles. The predicted molar refractivity (Wildman–Crippen MR) is 93.3 cm³/mol. The normalized spacial score (nSPS) is 11.7. The van der Waals surface area contributed by atoms with E-state index in [0.717, 1.165) is 5.75 Å². The van der Waals surface area contributed by atoms with Crippen molar-refractivity contribution in [3.8, 4) is 11.5 Å². The Kier molecular flexibility index (Phi) is 4.99. The number of para-hydroxylation sites is 2. The van der Waals surface area contributed by atoms with Gasteiger partial charge in [-0.2, -0.15) is 5.10 Å². The molecule has 25 heavy (non-hydrogen) atoms. The van der Waals surface area contributed by atoms with Gasteiger partial charge in [0.25, 0.3) is 5.91 Å². The van der Waals surface area contributed by atoms with E-state index in [0.29, 0.717) is 17.9 Å². The topological polar surface area (TPSA) is 87.2 Å². The number of ether oxygens (including phenoxy) is 1. The number of aromatic amines is 1. The third kappa shape index (κ3) is 4.17. The largest absolute Gasteiger partial charge is 0.508 e. The van der Waals surface area contributed by atoms with Crippen molar-refractivity contribution in [2.45, 2.75) is 19.6 Å². The molecule has 1 atom stereocenters. The summed E-state index contributed by atoms with van der Waals surface area (Å²) in [5.41, 5.74) is 1.62. The second kappa shape index (κ2) is 7.53. The van der Waals surface area contributed by atoms with Crippen molar-refractivity contribution < 1.29 is 14.6 Å². The fourth-order valence-electron chi connectivity index (χ4n) is 2.43. The zero-order valence-electron chi connectivity index (χ0n) is 13.8. The SMILES string of the molecule is C[C@@H](NC(=O)c1cc(COc2ccccc2)[nH]n1)c1ccccc1O. The highest BCUT2D eigenvalue weighted by atomic mass is 16.5. The molecule has 1 amide bonds. The maximum atomic E-state index is 12.3. The Morgan fingerprint density at radius 1 is 1.20 bits per heavy atom. The van der Waals surface area contributed by atoms with Crippen molar-refractivity contribution in [3.63, 3.8) is 0 Å². The van der Waals surface area contributed by atoms with Crippen LogP contribution in [0.25, 0.3) is 0 Å². The van der Waals surface area contributed by atoms with E-state index in [-0.39, 0.29) is 23.4 Å². The fourth-order valence-corrected chi connectivity index (χ4v) is 2.43. The lowest BCUT2D eigenvalue weighted by molar-refractivity contribution is 0.0934. The fraction of sp³-hybridized carbons (Fsp3) is 0.158. The van der Waals surface area contributed by atoms with Gasteiger partial charge in [0.15, 0.2) is 0 Å². The lowest BCUT2D eigenvalue weighted by atomic mass is 10.1. The summed E-state index contributed by atoms with van der Waals surface area (Å²) in [7, 11) is 0. The van der Waals surface area contributed by atoms with Crippen LogP contribution in [0.5, 0.6) is 11.5 Å². The van der Waals surface area contributed by atoms with Crippen LogP contribution in [0, 0.1) is 0 Å². The van der Waals surface area contributed by atoms with E-state index in [1.54, 1.807) is 31.2 Å². The Bertz CT molecular complexity index is 846. The smallest absolute Gasteiger partial charge is 0.272 e. The lowest BCUT2D eigenvalue weighted by Gasteiger charge is -2.14. The average Bonchev–Trinajstić information content (AvgIpc) is 3.10. The molecule has 6 nitrogen and oxygen atoms in total. The van der Waals surface area contributed by atoms with Crippen LogP contribution in [-0.2, 0) is 6.61 Å². The van der Waals surface area contributed by atoms with Gasteiger partial charge in [-0.25, -0.2) is 0 Å². The molecular weight excluding hydrogens is 318 g/mol. The molecule has 0 aliphatic carbocycles. The summed E-state index contributed by atoms with van der Waals surface area (Å²) in [6, 6.07) is 17.6. The molecule has 0 spiro atoms. The Labute approximate surface area is 145 Å². The van der Waals surface area contributed by atoms with E-state index in [4.69, 9.17) is 4.74 Å². The first-order valence-electron chi connectivity index (χ1n) is 7.94. The standard InChI is InChI=1S/C19H19N3O3/c1-13(16-9-5-6-10-18(16)23)20-19(24)17-11-14(21-22-17)12-25-15-7-3-2-4-8-15/h2-11,13,23H,12H2,1H3,(H,20,24)(H,21,22)/t13-/m1/s1. The van der Waals surface area contributed by atoms with E-state index in [9.17, 15) is 9.90 Å². The van der Waals surface area contributed by atoms with Gasteiger partial charge in [-0.3, -0.25) is 9.89 Å². The molecule has 0 radical (unpaired) electrons. The van der Waals surface area contributed by atoms with Crippen LogP contribution in [0.15, 0.2) is 60.7 Å². The van der Waals surface area contributed by atoms with Gasteiger partial charge >= 0.3 is 0 Å². The number of aromatic nitrogens is 2. The number of hydrogen-bond donors (Lipinski definition) is 3. The second-order valence-corrected chi connectivity index (χ2v) is 5.63. The first-order chi connectivity index (χ1) is 12.1. The highest BCUT2D eigenvalue weighted by molar-refractivity contribution is 5.92. The molecular formula is C19H19N3O3. The number of carbonyl (C=O) groups excluding carboxylic acids is 1. The minimum atomic E-state index is -0.339. The van der Waals surface area contributed by atoms with Crippen LogP contribution in [0.1, 0.15) is 34.7 Å². The highest BCUT2D eigenvalue weighted by Crippen LogP contribution is 2.23. The third-order valence-electron chi connectivity index (χ3n) is 3.75. The predicted octanol–water partition coefficient (Wildman–Crippen LogP) is 3.19. The average molecular weight is 337 g/mol. The number of nitrogens with one attached hydrogen (secondary N) is 2. The van der Waals surface area contributed by atoms with Gasteiger partial charge in [0, 0.05) is 5.56 Å². The highest BCUT2D eigenvalue weighted by Gasteiger charge is 2.16. The van der Waals surface area contributed by atoms with Crippen LogP contribution < -0.4 is 10.1 Å². The van der Waals surface area contributed by atoms with Crippen LogP contribution in [0.3, 0.4) is 0 Å². The molecule has 0 aliphatic rings. The first-order valence-corrected chi connectivity index (χ1v) is 7.94. The minimum absolute atomic E-state index is 0.147. The van der Waals surface area contributed by atoms with Crippen molar-refractivity contribution in [1.29, 1.82) is 0 Å². The Balaban J connectivity index is 1.60. The van der Waals surface area contributed by atoms with Gasteiger partial charge in [-0.15, -0.1) is 0 Å². The van der Waals surface area contributed by atoms with E-state index in [1.807, 2.05) is 36.4 Å². The Morgan fingerprint density at radius 3 is 2.68 bits per heavy atom. The number of phenols is 1. The summed E-state index contributed by atoms with van der Waals surface area (Å²) < 4.78 is 5.62. The number of aromatic hydroxyl groups is 1. The van der Waals surface area contributed by atoms with E-state index < -0.39 is 0 Å². The van der Waals surface area contributed by atoms with Gasteiger partial charge in [-0.05, 0) is 31.2 Å². The number of nitrogens with zero attached hydrogens (tertiary/aromatic N) is 1. The zero-order chi connectivity index (χ0) is 17.6. The molecule has 3 aromatic rings. The number of benzene rings is 2. The van der Waals surface area contributed by atoms with Gasteiger partial charge in [0.05, 0.1) is 11.7 Å². The molecule has 6 heteroatoms. The number of H-pyrrole nitrogens is 1. The monoisotopic (exact) mass is 337 g/mol. The quantitative estimate of drug-likeness (QED) is 0.645. The number of carbonyl (C=O) groups is 1. The summed E-state index contributed by atoms with van der Waals surface area (Å²) in [6.45, 7) is 2.10. The Hall–Kier alpha value is -3.28. The van der Waals surface area contributed by atoms with Crippen LogP contribution in [0.2, 0.25) is 0 Å². The van der Waals surface area contributed by atoms with Crippen LogP contribution >= 0.6 is 0 Å². The first kappa shape index (κ1) is 16.6. The summed E-state index contributed by atoms with van der Waals surface area (Å²) in [5.74, 6) is 0.573. The van der Waals surface area contributed by atoms with Crippen molar-refractivity contribution in [3.05, 3.63) is 77.6 Å². The third-order valence-corrected chi connectivity index (χ3v) is 3.75.